The highest BCUT2D eigenvalue weighted by Gasteiger charge is 2.17. The highest BCUT2D eigenvalue weighted by Crippen LogP contribution is 2.20. The molecule has 0 radical (unpaired) electrons. The van der Waals surface area contributed by atoms with Gasteiger partial charge in [0.2, 0.25) is 0 Å². The van der Waals surface area contributed by atoms with E-state index < -0.39 is 17.5 Å². The third-order valence-corrected chi connectivity index (χ3v) is 2.56. The normalized spacial score (nSPS) is 17.4. The Kier molecular flexibility index (Phi) is 6.02. The maximum absolute atomic E-state index is 11.5. The van der Waals surface area contributed by atoms with E-state index in [0.717, 1.165) is 37.8 Å². The molecule has 0 aromatic heterocycles. The molecule has 1 fully saturated rings. The minimum Gasteiger partial charge on any atom is -0.459 e. The number of carbonyl (C=O) groups is 2. The molecule has 1 saturated carbocycles. The van der Waals surface area contributed by atoms with Crippen molar-refractivity contribution in [3.8, 4) is 0 Å². The van der Waals surface area contributed by atoms with Gasteiger partial charge in [0, 0.05) is 12.2 Å². The summed E-state index contributed by atoms with van der Waals surface area (Å²) in [4.78, 5) is 32.0. The predicted octanol–water partition coefficient (Wildman–Crippen LogP) is 2.69. The monoisotopic (exact) mass is 270 g/mol. The van der Waals surface area contributed by atoms with Crippen LogP contribution < -0.4 is 0 Å². The molecular weight excluding hydrogens is 248 g/mol. The van der Waals surface area contributed by atoms with Crippen molar-refractivity contribution < 1.29 is 24.1 Å². The first kappa shape index (κ1) is 15.7. The fraction of sp³-hybridized carbons (Fsp3) is 0.714. The molecule has 0 bridgehead atoms. The maximum Gasteiger partial charge on any atom is 0.366 e. The van der Waals surface area contributed by atoms with Crippen LogP contribution in [0.3, 0.4) is 0 Å². The third-order valence-electron chi connectivity index (χ3n) is 2.56. The lowest BCUT2D eigenvalue weighted by Crippen LogP contribution is -2.21. The Morgan fingerprint density at radius 2 is 1.58 bits per heavy atom. The molecule has 0 aliphatic heterocycles. The van der Waals surface area contributed by atoms with Gasteiger partial charge in [0.25, 0.3) is 0 Å². The molecule has 0 aromatic carbocycles. The molecule has 0 atom stereocenters. The van der Waals surface area contributed by atoms with Gasteiger partial charge < -0.3 is 4.74 Å². The van der Waals surface area contributed by atoms with E-state index >= 15 is 0 Å². The van der Waals surface area contributed by atoms with E-state index in [1.807, 2.05) is 0 Å². The zero-order valence-corrected chi connectivity index (χ0v) is 11.8. The summed E-state index contributed by atoms with van der Waals surface area (Å²) in [6.45, 7) is 5.25. The molecule has 19 heavy (non-hydrogen) atoms. The lowest BCUT2D eigenvalue weighted by Gasteiger charge is -2.20. The molecule has 5 nitrogen and oxygen atoms in total. The standard InChI is InChI=1S/C14H22O5/c1-14(2,3)19-18-13(16)10-9-12(15)17-11-7-5-4-6-8-11/h9-11H,4-8H2,1-3H3/b10-9+. The van der Waals surface area contributed by atoms with E-state index in [2.05, 4.69) is 4.89 Å². The second-order valence-electron chi connectivity index (χ2n) is 5.63. The first-order valence-corrected chi connectivity index (χ1v) is 6.65. The van der Waals surface area contributed by atoms with Crippen molar-refractivity contribution in [3.05, 3.63) is 12.2 Å². The van der Waals surface area contributed by atoms with E-state index in [0.29, 0.717) is 0 Å². The number of hydrogen-bond donors (Lipinski definition) is 0. The first-order chi connectivity index (χ1) is 8.87. The topological polar surface area (TPSA) is 61.8 Å². The molecule has 0 aromatic rings. The molecule has 1 aliphatic rings. The molecule has 1 aliphatic carbocycles. The molecule has 5 heteroatoms. The maximum atomic E-state index is 11.5. The Morgan fingerprint density at radius 3 is 2.16 bits per heavy atom. The fourth-order valence-electron chi connectivity index (χ4n) is 1.72. The largest absolute Gasteiger partial charge is 0.459 e. The van der Waals surface area contributed by atoms with Gasteiger partial charge in [0.05, 0.1) is 0 Å². The summed E-state index contributed by atoms with van der Waals surface area (Å²) in [5.41, 5.74) is -0.577. The van der Waals surface area contributed by atoms with Crippen LogP contribution in [0.25, 0.3) is 0 Å². The van der Waals surface area contributed by atoms with Crippen molar-refractivity contribution in [2.75, 3.05) is 0 Å². The minimum absolute atomic E-state index is 0.0206. The fourth-order valence-corrected chi connectivity index (χ4v) is 1.72. The zero-order valence-electron chi connectivity index (χ0n) is 11.8. The zero-order chi connectivity index (χ0) is 14.3. The number of ether oxygens (including phenoxy) is 1. The molecule has 108 valence electrons. The smallest absolute Gasteiger partial charge is 0.366 e. The molecule has 0 spiro atoms. The minimum atomic E-state index is -0.726. The van der Waals surface area contributed by atoms with Crippen LogP contribution in [0.2, 0.25) is 0 Å². The van der Waals surface area contributed by atoms with Crippen LogP contribution in [0, 0.1) is 0 Å². The Morgan fingerprint density at radius 1 is 1.00 bits per heavy atom. The predicted molar refractivity (Wildman–Crippen MR) is 69.0 cm³/mol. The molecule has 0 unspecified atom stereocenters. The molecule has 0 saturated heterocycles. The van der Waals surface area contributed by atoms with Gasteiger partial charge in [-0.25, -0.2) is 9.59 Å². The highest BCUT2D eigenvalue weighted by atomic mass is 17.2. The quantitative estimate of drug-likeness (QED) is 0.340. The average Bonchev–Trinajstić information content (AvgIpc) is 2.34. The van der Waals surface area contributed by atoms with Crippen LogP contribution in [0.5, 0.6) is 0 Å². The van der Waals surface area contributed by atoms with Crippen LogP contribution in [-0.4, -0.2) is 23.6 Å². The molecule has 0 N–H and O–H groups in total. The second kappa shape index (κ2) is 7.28. The molecule has 0 amide bonds. The van der Waals surface area contributed by atoms with E-state index in [-0.39, 0.29) is 6.10 Å². The average molecular weight is 270 g/mol. The van der Waals surface area contributed by atoms with Crippen molar-refractivity contribution >= 4 is 11.9 Å². The molecule has 0 heterocycles. The summed E-state index contributed by atoms with van der Waals surface area (Å²) in [5.74, 6) is -1.24. The molecular formula is C14H22O5. The van der Waals surface area contributed by atoms with Crippen molar-refractivity contribution in [1.82, 2.24) is 0 Å². The van der Waals surface area contributed by atoms with Crippen molar-refractivity contribution in [3.63, 3.8) is 0 Å². The SMILES string of the molecule is CC(C)(C)OOC(=O)/C=C/C(=O)OC1CCCCC1. The Balaban J connectivity index is 2.26. The number of hydrogen-bond acceptors (Lipinski definition) is 5. The number of rotatable bonds is 4. The van der Waals surface area contributed by atoms with E-state index in [9.17, 15) is 9.59 Å². The van der Waals surface area contributed by atoms with Gasteiger partial charge in [0.15, 0.2) is 0 Å². The summed E-state index contributed by atoms with van der Waals surface area (Å²) >= 11 is 0. The lowest BCUT2D eigenvalue weighted by molar-refractivity contribution is -0.316. The summed E-state index contributed by atoms with van der Waals surface area (Å²) in [6, 6.07) is 0. The van der Waals surface area contributed by atoms with E-state index in [4.69, 9.17) is 9.62 Å². The summed E-state index contributed by atoms with van der Waals surface area (Å²) in [6.07, 6.45) is 7.23. The van der Waals surface area contributed by atoms with Gasteiger partial charge in [-0.15, -0.1) is 0 Å². The summed E-state index contributed by atoms with van der Waals surface area (Å²) < 4.78 is 5.21. The van der Waals surface area contributed by atoms with Gasteiger partial charge in [-0.3, -0.25) is 4.89 Å². The summed E-state index contributed by atoms with van der Waals surface area (Å²) in [7, 11) is 0. The van der Waals surface area contributed by atoms with Gasteiger partial charge in [-0.1, -0.05) is 6.42 Å². The van der Waals surface area contributed by atoms with Crippen LogP contribution >= 0.6 is 0 Å². The third kappa shape index (κ3) is 7.62. The van der Waals surface area contributed by atoms with E-state index in [1.165, 1.54) is 6.42 Å². The van der Waals surface area contributed by atoms with E-state index in [1.54, 1.807) is 20.8 Å². The van der Waals surface area contributed by atoms with Gasteiger partial charge in [-0.05, 0) is 46.5 Å². The van der Waals surface area contributed by atoms with Gasteiger partial charge in [0.1, 0.15) is 11.7 Å². The number of esters is 1. The van der Waals surface area contributed by atoms with Crippen LogP contribution in [0.15, 0.2) is 12.2 Å². The second-order valence-corrected chi connectivity index (χ2v) is 5.63. The van der Waals surface area contributed by atoms with Crippen LogP contribution in [-0.2, 0) is 24.1 Å². The van der Waals surface area contributed by atoms with Crippen molar-refractivity contribution in [2.45, 2.75) is 64.6 Å². The Bertz CT molecular complexity index is 334. The summed E-state index contributed by atoms with van der Waals surface area (Å²) in [5, 5.41) is 0. The van der Waals surface area contributed by atoms with Gasteiger partial charge in [-0.2, -0.15) is 4.89 Å². The highest BCUT2D eigenvalue weighted by molar-refractivity contribution is 5.91. The van der Waals surface area contributed by atoms with Crippen molar-refractivity contribution in [2.24, 2.45) is 0 Å². The number of carbonyl (C=O) groups excluding carboxylic acids is 2. The van der Waals surface area contributed by atoms with Crippen molar-refractivity contribution in [1.29, 1.82) is 0 Å². The molecule has 1 rings (SSSR count). The Hall–Kier alpha value is -1.36. The lowest BCUT2D eigenvalue weighted by atomic mass is 9.98. The van der Waals surface area contributed by atoms with Crippen LogP contribution in [0.4, 0.5) is 0 Å². The van der Waals surface area contributed by atoms with Crippen LogP contribution in [0.1, 0.15) is 52.9 Å². The Labute approximate surface area is 113 Å². The first-order valence-electron chi connectivity index (χ1n) is 6.65. The van der Waals surface area contributed by atoms with Gasteiger partial charge >= 0.3 is 11.9 Å².